The molecule has 8 heteroatoms. The van der Waals surface area contributed by atoms with Crippen LogP contribution in [-0.2, 0) is 13.6 Å². The number of carbonyl (C=O) groups excluding carboxylic acids is 1. The van der Waals surface area contributed by atoms with E-state index in [0.717, 1.165) is 5.56 Å². The highest BCUT2D eigenvalue weighted by atomic mass is 19.1. The van der Waals surface area contributed by atoms with Gasteiger partial charge in [-0.15, -0.1) is 0 Å². The van der Waals surface area contributed by atoms with E-state index in [9.17, 15) is 14.0 Å². The summed E-state index contributed by atoms with van der Waals surface area (Å²) in [4.78, 5) is 24.5. The lowest BCUT2D eigenvalue weighted by Crippen LogP contribution is -2.28. The Hall–Kier alpha value is -3.42. The number of benzene rings is 1. The normalized spacial score (nSPS) is 10.5. The predicted molar refractivity (Wildman–Crippen MR) is 92.1 cm³/mol. The molecule has 0 spiro atoms. The predicted octanol–water partition coefficient (Wildman–Crippen LogP) is 2.41. The van der Waals surface area contributed by atoms with Crippen molar-refractivity contribution in [2.75, 3.05) is 10.6 Å². The first-order chi connectivity index (χ1) is 12.0. The topological polar surface area (TPSA) is 81.0 Å². The zero-order chi connectivity index (χ0) is 17.8. The Balaban J connectivity index is 1.73. The highest BCUT2D eigenvalue weighted by Gasteiger charge is 2.09. The average molecular weight is 341 g/mol. The maximum atomic E-state index is 13.0. The first-order valence-electron chi connectivity index (χ1n) is 7.52. The van der Waals surface area contributed by atoms with Gasteiger partial charge in [-0.1, -0.05) is 12.1 Å². The van der Waals surface area contributed by atoms with E-state index in [0.29, 0.717) is 5.69 Å². The van der Waals surface area contributed by atoms with Gasteiger partial charge in [0.2, 0.25) is 0 Å². The number of pyridine rings is 1. The van der Waals surface area contributed by atoms with Crippen LogP contribution in [0.15, 0.2) is 59.8 Å². The number of amides is 2. The SMILES string of the molecule is Cn1cc(NC(=O)Nc2cccn(Cc3ccc(F)cc3)c2=O)cn1. The van der Waals surface area contributed by atoms with Crippen LogP contribution in [0.4, 0.5) is 20.6 Å². The molecule has 0 saturated heterocycles. The number of carbonyl (C=O) groups is 1. The number of hydrogen-bond donors (Lipinski definition) is 2. The van der Waals surface area contributed by atoms with Gasteiger partial charge >= 0.3 is 6.03 Å². The molecular weight excluding hydrogens is 325 g/mol. The minimum Gasteiger partial charge on any atom is -0.309 e. The molecule has 0 unspecified atom stereocenters. The van der Waals surface area contributed by atoms with Gasteiger partial charge in [-0.2, -0.15) is 5.10 Å². The molecule has 128 valence electrons. The molecule has 1 aromatic carbocycles. The Kier molecular flexibility index (Phi) is 4.60. The molecule has 0 aliphatic heterocycles. The molecule has 3 aromatic rings. The first-order valence-corrected chi connectivity index (χ1v) is 7.52. The molecule has 0 aliphatic rings. The molecular formula is C17H16FN5O2. The molecule has 7 nitrogen and oxygen atoms in total. The van der Waals surface area contributed by atoms with E-state index >= 15 is 0 Å². The summed E-state index contributed by atoms with van der Waals surface area (Å²) >= 11 is 0. The van der Waals surface area contributed by atoms with E-state index < -0.39 is 6.03 Å². The van der Waals surface area contributed by atoms with E-state index in [1.165, 1.54) is 29.0 Å². The van der Waals surface area contributed by atoms with Crippen molar-refractivity contribution in [3.8, 4) is 0 Å². The quantitative estimate of drug-likeness (QED) is 0.765. The molecule has 2 amide bonds. The number of nitrogens with zero attached hydrogens (tertiary/aromatic N) is 3. The molecule has 0 saturated carbocycles. The fourth-order valence-corrected chi connectivity index (χ4v) is 2.31. The third-order valence-corrected chi connectivity index (χ3v) is 3.50. The van der Waals surface area contributed by atoms with Crippen molar-refractivity contribution in [3.63, 3.8) is 0 Å². The first kappa shape index (κ1) is 16.4. The molecule has 0 bridgehead atoms. The third kappa shape index (κ3) is 4.11. The highest BCUT2D eigenvalue weighted by molar-refractivity contribution is 5.99. The van der Waals surface area contributed by atoms with Crippen LogP contribution in [0.2, 0.25) is 0 Å². The monoisotopic (exact) mass is 341 g/mol. The number of nitrogens with one attached hydrogen (secondary N) is 2. The van der Waals surface area contributed by atoms with Gasteiger partial charge in [-0.25, -0.2) is 9.18 Å². The Bertz CT molecular complexity index is 946. The number of aryl methyl sites for hydroxylation is 1. The second-order valence-corrected chi connectivity index (χ2v) is 5.46. The minimum atomic E-state index is -0.537. The summed E-state index contributed by atoms with van der Waals surface area (Å²) < 4.78 is 16.0. The van der Waals surface area contributed by atoms with Gasteiger partial charge in [0.1, 0.15) is 11.5 Å². The summed E-state index contributed by atoms with van der Waals surface area (Å²) in [6, 6.07) is 8.53. The van der Waals surface area contributed by atoms with Gasteiger partial charge in [-0.3, -0.25) is 9.48 Å². The summed E-state index contributed by atoms with van der Waals surface area (Å²) in [6.45, 7) is 0.277. The van der Waals surface area contributed by atoms with Crippen molar-refractivity contribution >= 4 is 17.4 Å². The third-order valence-electron chi connectivity index (χ3n) is 3.50. The molecule has 25 heavy (non-hydrogen) atoms. The smallest absolute Gasteiger partial charge is 0.309 e. The number of urea groups is 1. The Morgan fingerprint density at radius 2 is 1.96 bits per heavy atom. The maximum Gasteiger partial charge on any atom is 0.323 e. The highest BCUT2D eigenvalue weighted by Crippen LogP contribution is 2.07. The van der Waals surface area contributed by atoms with Crippen molar-refractivity contribution in [3.05, 3.63) is 76.7 Å². The lowest BCUT2D eigenvalue weighted by molar-refractivity contribution is 0.262. The summed E-state index contributed by atoms with van der Waals surface area (Å²) in [5.41, 5.74) is 1.09. The van der Waals surface area contributed by atoms with Gasteiger partial charge in [0.25, 0.3) is 5.56 Å². The van der Waals surface area contributed by atoms with E-state index in [2.05, 4.69) is 15.7 Å². The van der Waals surface area contributed by atoms with Crippen LogP contribution in [0.5, 0.6) is 0 Å². The lowest BCUT2D eigenvalue weighted by atomic mass is 10.2. The number of rotatable bonds is 4. The molecule has 0 aliphatic carbocycles. The molecule has 2 N–H and O–H groups in total. The van der Waals surface area contributed by atoms with Crippen LogP contribution in [-0.4, -0.2) is 20.4 Å². The van der Waals surface area contributed by atoms with Crippen LogP contribution in [0, 0.1) is 5.82 Å². The van der Waals surface area contributed by atoms with Crippen LogP contribution in [0.3, 0.4) is 0 Å². The van der Waals surface area contributed by atoms with Gasteiger partial charge < -0.3 is 15.2 Å². The fraction of sp³-hybridized carbons (Fsp3) is 0.118. The Labute approximate surface area is 142 Å². The van der Waals surface area contributed by atoms with Gasteiger partial charge in [0, 0.05) is 19.4 Å². The standard InChI is InChI=1S/C17H16FN5O2/c1-22-11-14(9-19-22)20-17(25)21-15-3-2-8-23(16(15)24)10-12-4-6-13(18)7-5-12/h2-9,11H,10H2,1H3,(H2,20,21,25). The van der Waals surface area contributed by atoms with Crippen molar-refractivity contribution in [2.24, 2.45) is 7.05 Å². The largest absolute Gasteiger partial charge is 0.323 e. The number of hydrogen-bond acceptors (Lipinski definition) is 3. The number of halogens is 1. The second kappa shape index (κ2) is 7.00. The zero-order valence-corrected chi connectivity index (χ0v) is 13.4. The van der Waals surface area contributed by atoms with E-state index in [4.69, 9.17) is 0 Å². The molecule has 0 atom stereocenters. The number of anilines is 2. The van der Waals surface area contributed by atoms with Crippen molar-refractivity contribution < 1.29 is 9.18 Å². The summed E-state index contributed by atoms with van der Waals surface area (Å²) in [7, 11) is 1.73. The van der Waals surface area contributed by atoms with Gasteiger partial charge in [-0.05, 0) is 29.8 Å². The van der Waals surface area contributed by atoms with Gasteiger partial charge in [0.15, 0.2) is 0 Å². The van der Waals surface area contributed by atoms with Gasteiger partial charge in [0.05, 0.1) is 18.4 Å². The van der Waals surface area contributed by atoms with Crippen molar-refractivity contribution in [1.29, 1.82) is 0 Å². The second-order valence-electron chi connectivity index (χ2n) is 5.46. The van der Waals surface area contributed by atoms with Crippen molar-refractivity contribution in [2.45, 2.75) is 6.54 Å². The molecule has 2 heterocycles. The Morgan fingerprint density at radius 3 is 2.64 bits per heavy atom. The number of aromatic nitrogens is 3. The molecule has 2 aromatic heterocycles. The van der Waals surface area contributed by atoms with E-state index in [1.54, 1.807) is 42.3 Å². The zero-order valence-electron chi connectivity index (χ0n) is 13.4. The minimum absolute atomic E-state index is 0.144. The van der Waals surface area contributed by atoms with Crippen LogP contribution in [0.25, 0.3) is 0 Å². The summed E-state index contributed by atoms with van der Waals surface area (Å²) in [5.74, 6) is -0.335. The van der Waals surface area contributed by atoms with Crippen molar-refractivity contribution in [1.82, 2.24) is 14.3 Å². The fourth-order valence-electron chi connectivity index (χ4n) is 2.31. The van der Waals surface area contributed by atoms with Crippen LogP contribution >= 0.6 is 0 Å². The molecule has 0 fully saturated rings. The maximum absolute atomic E-state index is 13.0. The average Bonchev–Trinajstić information content (AvgIpc) is 2.98. The molecule has 3 rings (SSSR count). The van der Waals surface area contributed by atoms with E-state index in [-0.39, 0.29) is 23.6 Å². The summed E-state index contributed by atoms with van der Waals surface area (Å²) in [5, 5.41) is 9.06. The van der Waals surface area contributed by atoms with Crippen LogP contribution < -0.4 is 16.2 Å². The molecule has 0 radical (unpaired) electrons. The Morgan fingerprint density at radius 1 is 1.20 bits per heavy atom. The van der Waals surface area contributed by atoms with Crippen LogP contribution in [0.1, 0.15) is 5.56 Å². The van der Waals surface area contributed by atoms with E-state index in [1.807, 2.05) is 0 Å². The lowest BCUT2D eigenvalue weighted by Gasteiger charge is -2.09. The summed E-state index contributed by atoms with van der Waals surface area (Å²) in [6.07, 6.45) is 4.74.